The number of likely N-dealkylation sites (tertiary alicyclic amines) is 1. The van der Waals surface area contributed by atoms with Gasteiger partial charge in [-0.2, -0.15) is 4.31 Å². The van der Waals surface area contributed by atoms with E-state index in [4.69, 9.17) is 16.3 Å². The van der Waals surface area contributed by atoms with Crippen LogP contribution < -0.4 is 4.74 Å². The predicted molar refractivity (Wildman–Crippen MR) is 131 cm³/mol. The smallest absolute Gasteiger partial charge is 0.274 e. The molecule has 4 rings (SSSR count). The fourth-order valence-electron chi connectivity index (χ4n) is 3.93. The zero-order chi connectivity index (χ0) is 23.6. The van der Waals surface area contributed by atoms with Gasteiger partial charge in [0.25, 0.3) is 11.1 Å². The molecule has 33 heavy (non-hydrogen) atoms. The second kappa shape index (κ2) is 9.97. The van der Waals surface area contributed by atoms with E-state index in [0.29, 0.717) is 54.8 Å². The maximum atomic E-state index is 12.9. The molecule has 7 nitrogen and oxygen atoms in total. The van der Waals surface area contributed by atoms with Gasteiger partial charge in [0, 0.05) is 44.6 Å². The van der Waals surface area contributed by atoms with Crippen molar-refractivity contribution < 1.29 is 17.9 Å². The number of ether oxygens (including phenoxy) is 1. The molecule has 10 heteroatoms. The lowest BCUT2D eigenvalue weighted by Gasteiger charge is -2.31. The average Bonchev–Trinajstić information content (AvgIpc) is 3.24. The maximum Gasteiger partial charge on any atom is 0.274 e. The summed E-state index contributed by atoms with van der Waals surface area (Å²) in [6, 6.07) is 11.9. The quantitative estimate of drug-likeness (QED) is 0.464. The van der Waals surface area contributed by atoms with Gasteiger partial charge in [-0.15, -0.1) is 0 Å². The van der Waals surface area contributed by atoms with Crippen LogP contribution in [0.25, 0.3) is 10.2 Å². The number of halogens is 1. The molecule has 0 radical (unpaired) electrons. The molecule has 1 aliphatic rings. The number of amides is 1. The Bertz CT molecular complexity index is 1230. The van der Waals surface area contributed by atoms with Gasteiger partial charge >= 0.3 is 0 Å². The molecule has 2 aromatic carbocycles. The van der Waals surface area contributed by atoms with E-state index < -0.39 is 10.0 Å². The highest BCUT2D eigenvalue weighted by molar-refractivity contribution is 7.89. The SMILES string of the molecule is CCN(CC)S(=O)(=O)c1ccc(C(=O)N2CCC(Oc3nc4c(Cl)cccc4s3)CC2)cc1. The minimum absolute atomic E-state index is 0.0185. The van der Waals surface area contributed by atoms with Gasteiger partial charge in [-0.3, -0.25) is 4.79 Å². The molecule has 0 aliphatic carbocycles. The number of rotatable bonds is 7. The fraction of sp³-hybridized carbons (Fsp3) is 0.391. The summed E-state index contributed by atoms with van der Waals surface area (Å²) in [6.07, 6.45) is 1.38. The molecule has 0 bridgehead atoms. The van der Waals surface area contributed by atoms with E-state index in [1.54, 1.807) is 30.9 Å². The maximum absolute atomic E-state index is 12.9. The number of sulfonamides is 1. The Kier molecular flexibility index (Phi) is 7.23. The first-order chi connectivity index (χ1) is 15.8. The predicted octanol–water partition coefficient (Wildman–Crippen LogP) is 4.66. The van der Waals surface area contributed by atoms with Crippen molar-refractivity contribution in [1.82, 2.24) is 14.2 Å². The summed E-state index contributed by atoms with van der Waals surface area (Å²) < 4.78 is 33.7. The summed E-state index contributed by atoms with van der Waals surface area (Å²) in [6.45, 7) is 5.54. The van der Waals surface area contributed by atoms with Crippen molar-refractivity contribution in [3.8, 4) is 5.19 Å². The normalized spacial score (nSPS) is 15.3. The average molecular weight is 508 g/mol. The second-order valence-electron chi connectivity index (χ2n) is 7.79. The van der Waals surface area contributed by atoms with Crippen molar-refractivity contribution >= 4 is 49.1 Å². The topological polar surface area (TPSA) is 79.8 Å². The second-order valence-corrected chi connectivity index (χ2v) is 11.1. The van der Waals surface area contributed by atoms with Gasteiger partial charge in [0.05, 0.1) is 14.6 Å². The number of nitrogens with zero attached hydrogens (tertiary/aromatic N) is 3. The highest BCUT2D eigenvalue weighted by Crippen LogP contribution is 2.33. The molecule has 1 saturated heterocycles. The molecule has 0 saturated carbocycles. The number of piperidine rings is 1. The van der Waals surface area contributed by atoms with Crippen molar-refractivity contribution in [3.05, 3.63) is 53.1 Å². The lowest BCUT2D eigenvalue weighted by atomic mass is 10.1. The van der Waals surface area contributed by atoms with Crippen LogP contribution in [-0.4, -0.2) is 60.8 Å². The number of benzene rings is 2. The first-order valence-electron chi connectivity index (χ1n) is 10.9. The Morgan fingerprint density at radius 1 is 1.15 bits per heavy atom. The Balaban J connectivity index is 1.36. The van der Waals surface area contributed by atoms with Crippen LogP contribution in [0, 0.1) is 0 Å². The van der Waals surface area contributed by atoms with E-state index in [2.05, 4.69) is 4.98 Å². The van der Waals surface area contributed by atoms with Gasteiger partial charge in [0.1, 0.15) is 11.6 Å². The standard InChI is InChI=1S/C23H26ClN3O4S2/c1-3-27(4-2)33(29,30)18-10-8-16(9-11-18)22(28)26-14-12-17(13-15-26)31-23-25-21-19(24)6-5-7-20(21)32-23/h5-11,17H,3-4,12-15H2,1-2H3. The van der Waals surface area contributed by atoms with Gasteiger partial charge in [-0.1, -0.05) is 42.9 Å². The van der Waals surface area contributed by atoms with Gasteiger partial charge in [-0.05, 0) is 36.4 Å². The summed E-state index contributed by atoms with van der Waals surface area (Å²) in [4.78, 5) is 19.4. The molecular weight excluding hydrogens is 482 g/mol. The molecule has 0 N–H and O–H groups in total. The first-order valence-corrected chi connectivity index (χ1v) is 13.6. The van der Waals surface area contributed by atoms with E-state index in [9.17, 15) is 13.2 Å². The Morgan fingerprint density at radius 2 is 1.82 bits per heavy atom. The van der Waals surface area contributed by atoms with Gasteiger partial charge in [0.2, 0.25) is 10.0 Å². The molecule has 0 atom stereocenters. The third-order valence-electron chi connectivity index (χ3n) is 5.79. The molecule has 176 valence electrons. The van der Waals surface area contributed by atoms with Crippen molar-refractivity contribution in [1.29, 1.82) is 0 Å². The molecule has 3 aromatic rings. The number of hydrogen-bond donors (Lipinski definition) is 0. The van der Waals surface area contributed by atoms with Gasteiger partial charge < -0.3 is 9.64 Å². The van der Waals surface area contributed by atoms with E-state index in [1.165, 1.54) is 27.8 Å². The van der Waals surface area contributed by atoms with Gasteiger partial charge in [-0.25, -0.2) is 13.4 Å². The molecule has 1 amide bonds. The van der Waals surface area contributed by atoms with Crippen molar-refractivity contribution in [3.63, 3.8) is 0 Å². The number of hydrogen-bond acceptors (Lipinski definition) is 6. The zero-order valence-electron chi connectivity index (χ0n) is 18.5. The summed E-state index contributed by atoms with van der Waals surface area (Å²) >= 11 is 7.67. The Hall–Kier alpha value is -2.20. The number of aromatic nitrogens is 1. The molecule has 1 fully saturated rings. The summed E-state index contributed by atoms with van der Waals surface area (Å²) in [5.41, 5.74) is 1.23. The number of para-hydroxylation sites is 1. The lowest BCUT2D eigenvalue weighted by molar-refractivity contribution is 0.0595. The summed E-state index contributed by atoms with van der Waals surface area (Å²) in [7, 11) is -3.54. The number of fused-ring (bicyclic) bond motifs is 1. The third-order valence-corrected chi connectivity index (χ3v) is 9.07. The summed E-state index contributed by atoms with van der Waals surface area (Å²) in [5.74, 6) is -0.105. The van der Waals surface area contributed by atoms with Crippen LogP contribution in [0.1, 0.15) is 37.0 Å². The monoisotopic (exact) mass is 507 g/mol. The largest absolute Gasteiger partial charge is 0.467 e. The van der Waals surface area contributed by atoms with Crippen LogP contribution >= 0.6 is 22.9 Å². The van der Waals surface area contributed by atoms with Crippen molar-refractivity contribution in [2.75, 3.05) is 26.2 Å². The van der Waals surface area contributed by atoms with Crippen LogP contribution in [0.15, 0.2) is 47.4 Å². The molecule has 0 spiro atoms. The first kappa shape index (κ1) is 23.9. The number of thiazole rings is 1. The van der Waals surface area contributed by atoms with Crippen molar-refractivity contribution in [2.45, 2.75) is 37.7 Å². The van der Waals surface area contributed by atoms with Crippen molar-refractivity contribution in [2.24, 2.45) is 0 Å². The minimum Gasteiger partial charge on any atom is -0.467 e. The minimum atomic E-state index is -3.54. The molecule has 1 aromatic heterocycles. The highest BCUT2D eigenvalue weighted by Gasteiger charge is 2.27. The van der Waals surface area contributed by atoms with Crippen LogP contribution in [0.2, 0.25) is 5.02 Å². The number of carbonyl (C=O) groups is 1. The molecule has 1 aliphatic heterocycles. The Labute approximate surface area is 203 Å². The molecule has 0 unspecified atom stereocenters. The molecule has 2 heterocycles. The lowest BCUT2D eigenvalue weighted by Crippen LogP contribution is -2.41. The van der Waals surface area contributed by atoms with Crippen LogP contribution in [-0.2, 0) is 10.0 Å². The van der Waals surface area contributed by atoms with E-state index in [1.807, 2.05) is 18.2 Å². The number of carbonyl (C=O) groups excluding carboxylic acids is 1. The van der Waals surface area contributed by atoms with Gasteiger partial charge in [0.15, 0.2) is 0 Å². The van der Waals surface area contributed by atoms with E-state index in [-0.39, 0.29) is 16.9 Å². The summed E-state index contributed by atoms with van der Waals surface area (Å²) in [5, 5.41) is 1.20. The van der Waals surface area contributed by atoms with Crippen LogP contribution in [0.3, 0.4) is 0 Å². The third kappa shape index (κ3) is 5.01. The van der Waals surface area contributed by atoms with E-state index in [0.717, 1.165) is 10.2 Å². The molecular formula is C23H26ClN3O4S2. The Morgan fingerprint density at radius 3 is 2.42 bits per heavy atom. The zero-order valence-corrected chi connectivity index (χ0v) is 20.9. The highest BCUT2D eigenvalue weighted by atomic mass is 35.5. The fourth-order valence-corrected chi connectivity index (χ4v) is 6.57. The van der Waals surface area contributed by atoms with Crippen LogP contribution in [0.4, 0.5) is 0 Å². The van der Waals surface area contributed by atoms with E-state index >= 15 is 0 Å². The van der Waals surface area contributed by atoms with Crippen LogP contribution in [0.5, 0.6) is 5.19 Å².